The van der Waals surface area contributed by atoms with Crippen LogP contribution in [0.3, 0.4) is 0 Å². The lowest BCUT2D eigenvalue weighted by Crippen LogP contribution is -2.45. The maximum atomic E-state index is 12.7. The van der Waals surface area contributed by atoms with E-state index in [0.29, 0.717) is 0 Å². The second-order valence-electron chi connectivity index (χ2n) is 5.78. The summed E-state index contributed by atoms with van der Waals surface area (Å²) in [5.41, 5.74) is 3.65. The molecule has 20 heavy (non-hydrogen) atoms. The van der Waals surface area contributed by atoms with Crippen molar-refractivity contribution in [1.82, 2.24) is 5.32 Å². The molecule has 2 aliphatic rings. The van der Waals surface area contributed by atoms with Gasteiger partial charge in [-0.1, -0.05) is 17.7 Å². The maximum absolute atomic E-state index is 12.7. The van der Waals surface area contributed by atoms with Crippen LogP contribution in [0.15, 0.2) is 18.2 Å². The molecule has 0 spiro atoms. The molecule has 1 aromatic carbocycles. The van der Waals surface area contributed by atoms with Gasteiger partial charge in [0.15, 0.2) is 0 Å². The monoisotopic (exact) mass is 274 g/mol. The van der Waals surface area contributed by atoms with E-state index in [1.54, 1.807) is 7.11 Å². The molecular formula is C16H22N2O2. The molecule has 3 rings (SSSR count). The van der Waals surface area contributed by atoms with Gasteiger partial charge in [0.2, 0.25) is 5.91 Å². The van der Waals surface area contributed by atoms with Crippen molar-refractivity contribution in [3.63, 3.8) is 0 Å². The van der Waals surface area contributed by atoms with Crippen molar-refractivity contribution in [2.45, 2.75) is 38.3 Å². The summed E-state index contributed by atoms with van der Waals surface area (Å²) >= 11 is 0. The van der Waals surface area contributed by atoms with Crippen molar-refractivity contribution in [3.05, 3.63) is 29.3 Å². The number of ether oxygens (including phenoxy) is 1. The number of amides is 1. The van der Waals surface area contributed by atoms with E-state index in [2.05, 4.69) is 30.4 Å². The van der Waals surface area contributed by atoms with E-state index in [-0.39, 0.29) is 18.1 Å². The van der Waals surface area contributed by atoms with Gasteiger partial charge in [0.05, 0.1) is 12.1 Å². The molecule has 2 aliphatic heterocycles. The maximum Gasteiger partial charge on any atom is 0.244 e. The van der Waals surface area contributed by atoms with Crippen LogP contribution in [0.2, 0.25) is 0 Å². The van der Waals surface area contributed by atoms with Gasteiger partial charge in [-0.25, -0.2) is 0 Å². The molecule has 0 saturated carbocycles. The van der Waals surface area contributed by atoms with E-state index in [4.69, 9.17) is 4.74 Å². The third-order valence-electron chi connectivity index (χ3n) is 4.34. The van der Waals surface area contributed by atoms with E-state index >= 15 is 0 Å². The number of carbonyl (C=O) groups is 1. The Hall–Kier alpha value is -1.39. The molecule has 1 amide bonds. The quantitative estimate of drug-likeness (QED) is 0.891. The SMILES string of the molecule is COC1CNC(C(=O)N2CCCc3cc(C)ccc32)C1. The fourth-order valence-electron chi connectivity index (χ4n) is 3.21. The van der Waals surface area contributed by atoms with Crippen molar-refractivity contribution >= 4 is 11.6 Å². The standard InChI is InChI=1S/C16H22N2O2/c1-11-5-6-15-12(8-11)4-3-7-18(15)16(19)14-9-13(20-2)10-17-14/h5-6,8,13-14,17H,3-4,7,9-10H2,1-2H3. The van der Waals surface area contributed by atoms with Gasteiger partial charge in [0.1, 0.15) is 0 Å². The van der Waals surface area contributed by atoms with Crippen LogP contribution in [0.5, 0.6) is 0 Å². The van der Waals surface area contributed by atoms with Gasteiger partial charge in [0, 0.05) is 25.9 Å². The normalized spacial score (nSPS) is 25.6. The van der Waals surface area contributed by atoms with Crippen LogP contribution in [0.1, 0.15) is 24.0 Å². The number of anilines is 1. The van der Waals surface area contributed by atoms with E-state index in [0.717, 1.165) is 38.0 Å². The second kappa shape index (κ2) is 5.54. The second-order valence-corrected chi connectivity index (χ2v) is 5.78. The van der Waals surface area contributed by atoms with E-state index in [9.17, 15) is 4.79 Å². The van der Waals surface area contributed by atoms with Crippen LogP contribution in [-0.2, 0) is 16.0 Å². The number of benzene rings is 1. The third kappa shape index (κ3) is 2.45. The van der Waals surface area contributed by atoms with Crippen molar-refractivity contribution < 1.29 is 9.53 Å². The molecule has 0 aromatic heterocycles. The van der Waals surface area contributed by atoms with Gasteiger partial charge in [-0.3, -0.25) is 4.79 Å². The number of aryl methyl sites for hydroxylation is 2. The van der Waals surface area contributed by atoms with Gasteiger partial charge in [0.25, 0.3) is 0 Å². The minimum atomic E-state index is -0.104. The van der Waals surface area contributed by atoms with Gasteiger partial charge in [-0.05, 0) is 37.8 Å². The lowest BCUT2D eigenvalue weighted by molar-refractivity contribution is -0.120. The molecule has 1 fully saturated rings. The predicted molar refractivity (Wildman–Crippen MR) is 79.1 cm³/mol. The molecule has 4 heteroatoms. The van der Waals surface area contributed by atoms with Crippen molar-refractivity contribution in [3.8, 4) is 0 Å². The van der Waals surface area contributed by atoms with Crippen LogP contribution in [-0.4, -0.2) is 38.3 Å². The van der Waals surface area contributed by atoms with Gasteiger partial charge >= 0.3 is 0 Å². The summed E-state index contributed by atoms with van der Waals surface area (Å²) in [6.45, 7) is 3.69. The number of methoxy groups -OCH3 is 1. The molecule has 108 valence electrons. The average molecular weight is 274 g/mol. The lowest BCUT2D eigenvalue weighted by atomic mass is 9.98. The molecule has 4 nitrogen and oxygen atoms in total. The molecule has 1 saturated heterocycles. The van der Waals surface area contributed by atoms with Crippen molar-refractivity contribution in [1.29, 1.82) is 0 Å². The first-order valence-electron chi connectivity index (χ1n) is 7.36. The van der Waals surface area contributed by atoms with Crippen LogP contribution >= 0.6 is 0 Å². The highest BCUT2D eigenvalue weighted by molar-refractivity contribution is 5.98. The molecule has 0 radical (unpaired) electrons. The fourth-order valence-corrected chi connectivity index (χ4v) is 3.21. The Morgan fingerprint density at radius 1 is 1.45 bits per heavy atom. The summed E-state index contributed by atoms with van der Waals surface area (Å²) < 4.78 is 5.33. The van der Waals surface area contributed by atoms with Crippen LogP contribution in [0.25, 0.3) is 0 Å². The largest absolute Gasteiger partial charge is 0.380 e. The highest BCUT2D eigenvalue weighted by Gasteiger charge is 2.34. The smallest absolute Gasteiger partial charge is 0.244 e. The Kier molecular flexibility index (Phi) is 3.76. The number of nitrogens with one attached hydrogen (secondary N) is 1. The minimum absolute atomic E-state index is 0.104. The molecule has 1 aromatic rings. The molecule has 2 heterocycles. The van der Waals surface area contributed by atoms with Crippen molar-refractivity contribution in [2.75, 3.05) is 25.1 Å². The van der Waals surface area contributed by atoms with Crippen LogP contribution in [0.4, 0.5) is 5.69 Å². The Labute approximate surface area is 120 Å². The zero-order chi connectivity index (χ0) is 14.1. The topological polar surface area (TPSA) is 41.6 Å². The summed E-state index contributed by atoms with van der Waals surface area (Å²) in [5, 5.41) is 3.28. The van der Waals surface area contributed by atoms with Crippen LogP contribution in [0, 0.1) is 6.92 Å². The number of carbonyl (C=O) groups excluding carboxylic acids is 1. The number of hydrogen-bond acceptors (Lipinski definition) is 3. The zero-order valence-electron chi connectivity index (χ0n) is 12.2. The van der Waals surface area contributed by atoms with Crippen molar-refractivity contribution in [2.24, 2.45) is 0 Å². The summed E-state index contributed by atoms with van der Waals surface area (Å²) in [7, 11) is 1.71. The first-order chi connectivity index (χ1) is 9.69. The van der Waals surface area contributed by atoms with Gasteiger partial charge < -0.3 is 15.0 Å². The van der Waals surface area contributed by atoms with Gasteiger partial charge in [-0.15, -0.1) is 0 Å². The molecule has 0 aliphatic carbocycles. The van der Waals surface area contributed by atoms with Gasteiger partial charge in [-0.2, -0.15) is 0 Å². The first kappa shape index (κ1) is 13.6. The third-order valence-corrected chi connectivity index (χ3v) is 4.34. The number of rotatable bonds is 2. The number of hydrogen-bond donors (Lipinski definition) is 1. The summed E-state index contributed by atoms with van der Waals surface area (Å²) in [4.78, 5) is 14.7. The fraction of sp³-hybridized carbons (Fsp3) is 0.562. The Bertz CT molecular complexity index is 515. The minimum Gasteiger partial charge on any atom is -0.380 e. The Balaban J connectivity index is 1.80. The molecule has 0 bridgehead atoms. The molecule has 2 unspecified atom stereocenters. The zero-order valence-corrected chi connectivity index (χ0v) is 12.2. The molecule has 1 N–H and O–H groups in total. The highest BCUT2D eigenvalue weighted by Crippen LogP contribution is 2.29. The highest BCUT2D eigenvalue weighted by atomic mass is 16.5. The Morgan fingerprint density at radius 2 is 2.30 bits per heavy atom. The first-order valence-corrected chi connectivity index (χ1v) is 7.36. The number of nitrogens with zero attached hydrogens (tertiary/aromatic N) is 1. The number of fused-ring (bicyclic) bond motifs is 1. The van der Waals surface area contributed by atoms with E-state index < -0.39 is 0 Å². The predicted octanol–water partition coefficient (Wildman–Crippen LogP) is 1.65. The summed E-state index contributed by atoms with van der Waals surface area (Å²) in [6.07, 6.45) is 3.04. The molecular weight excluding hydrogens is 252 g/mol. The lowest BCUT2D eigenvalue weighted by Gasteiger charge is -2.31. The average Bonchev–Trinajstić information content (AvgIpc) is 2.94. The molecule has 2 atom stereocenters. The van der Waals surface area contributed by atoms with E-state index in [1.165, 1.54) is 11.1 Å². The van der Waals surface area contributed by atoms with Crippen LogP contribution < -0.4 is 10.2 Å². The Morgan fingerprint density at radius 3 is 3.05 bits per heavy atom. The summed E-state index contributed by atoms with van der Waals surface area (Å²) in [6, 6.07) is 6.27. The van der Waals surface area contributed by atoms with E-state index in [1.807, 2.05) is 4.90 Å². The summed E-state index contributed by atoms with van der Waals surface area (Å²) in [5.74, 6) is 0.189.